The van der Waals surface area contributed by atoms with Crippen LogP contribution in [0.5, 0.6) is 6.01 Å². The molecule has 0 fully saturated rings. The molecule has 3 rings (SSSR count). The zero-order chi connectivity index (χ0) is 18.7. The van der Waals surface area contributed by atoms with Crippen LogP contribution in [0.3, 0.4) is 0 Å². The van der Waals surface area contributed by atoms with Gasteiger partial charge in [-0.2, -0.15) is 9.97 Å². The van der Waals surface area contributed by atoms with Gasteiger partial charge in [-0.05, 0) is 43.2 Å². The summed E-state index contributed by atoms with van der Waals surface area (Å²) < 4.78 is 0. The number of allylic oxidation sites excluding steroid dienone is 4. The molecule has 136 valence electrons. The van der Waals surface area contributed by atoms with E-state index in [0.717, 1.165) is 42.4 Å². The van der Waals surface area contributed by atoms with Crippen LogP contribution in [0.15, 0.2) is 35.4 Å². The number of benzene rings is 1. The number of aryl methyl sites for hydroxylation is 2. The smallest absolute Gasteiger partial charge is 0.318 e. The summed E-state index contributed by atoms with van der Waals surface area (Å²) >= 11 is 6.39. The largest absolute Gasteiger partial charge is 0.479 e. The van der Waals surface area contributed by atoms with Gasteiger partial charge in [-0.1, -0.05) is 62.2 Å². The molecule has 1 aliphatic carbocycles. The molecular formula is C21H24ClN3O. The van der Waals surface area contributed by atoms with Gasteiger partial charge in [-0.15, -0.1) is 0 Å². The lowest BCUT2D eigenvalue weighted by atomic mass is 9.93. The molecule has 1 atom stereocenters. The second kappa shape index (κ2) is 8.00. The first-order chi connectivity index (χ1) is 12.5. The Bertz CT molecular complexity index is 874. The van der Waals surface area contributed by atoms with E-state index in [-0.39, 0.29) is 6.01 Å². The molecule has 1 N–H and O–H groups in total. The molecule has 0 spiro atoms. The molecular weight excluding hydrogens is 346 g/mol. The van der Waals surface area contributed by atoms with Crippen LogP contribution in [-0.2, 0) is 6.42 Å². The number of nitrogens with zero attached hydrogens (tertiary/aromatic N) is 3. The molecule has 1 unspecified atom stereocenters. The van der Waals surface area contributed by atoms with Crippen molar-refractivity contribution in [2.45, 2.75) is 46.5 Å². The number of rotatable bonds is 5. The molecule has 1 aromatic heterocycles. The summed E-state index contributed by atoms with van der Waals surface area (Å²) in [6.45, 7) is 6.34. The first-order valence-electron chi connectivity index (χ1n) is 9.15. The Hall–Kier alpha value is -2.20. The van der Waals surface area contributed by atoms with E-state index in [1.54, 1.807) is 0 Å². The third-order valence-electron chi connectivity index (χ3n) is 4.72. The molecule has 0 saturated heterocycles. The fourth-order valence-electron chi connectivity index (χ4n) is 3.24. The minimum absolute atomic E-state index is 0.286. The van der Waals surface area contributed by atoms with Gasteiger partial charge < -0.3 is 5.11 Å². The first kappa shape index (κ1) is 18.6. The average molecular weight is 370 g/mol. The van der Waals surface area contributed by atoms with Crippen LogP contribution in [0.1, 0.15) is 50.1 Å². The average Bonchev–Trinajstić information content (AvgIpc) is 2.62. The van der Waals surface area contributed by atoms with E-state index in [1.165, 1.54) is 5.56 Å². The van der Waals surface area contributed by atoms with Gasteiger partial charge >= 0.3 is 6.01 Å². The number of aromatic hydroxyl groups is 1. The third-order valence-corrected chi connectivity index (χ3v) is 5.08. The number of aromatic nitrogens is 3. The Kier molecular flexibility index (Phi) is 5.72. The molecule has 0 saturated carbocycles. The van der Waals surface area contributed by atoms with Crippen molar-refractivity contribution in [2.24, 2.45) is 5.92 Å². The molecule has 0 amide bonds. The van der Waals surface area contributed by atoms with E-state index in [4.69, 9.17) is 11.6 Å². The van der Waals surface area contributed by atoms with Crippen molar-refractivity contribution >= 4 is 17.2 Å². The van der Waals surface area contributed by atoms with Gasteiger partial charge in [0.15, 0.2) is 11.6 Å². The van der Waals surface area contributed by atoms with Crippen molar-refractivity contribution in [1.29, 1.82) is 0 Å². The number of hydrogen-bond donors (Lipinski definition) is 1. The van der Waals surface area contributed by atoms with Crippen LogP contribution in [0.4, 0.5) is 0 Å². The Morgan fingerprint density at radius 1 is 1.15 bits per heavy atom. The summed E-state index contributed by atoms with van der Waals surface area (Å²) in [4.78, 5) is 12.9. The number of hydrogen-bond acceptors (Lipinski definition) is 4. The van der Waals surface area contributed by atoms with Gasteiger partial charge in [0.2, 0.25) is 0 Å². The molecule has 0 aliphatic heterocycles. The molecule has 1 heterocycles. The molecule has 1 aliphatic rings. The standard InChI is InChI=1S/C21H24ClN3O/c1-4-6-15-7-9-16(13(3)11-15)19-23-20(25-21(26)24-19)17-12-14(5-2)8-10-18(17)22/h7,9-12,14H,4-6,8H2,1-3H3,(H,23,24,25,26). The Labute approximate surface area is 159 Å². The van der Waals surface area contributed by atoms with Crippen molar-refractivity contribution in [2.75, 3.05) is 0 Å². The van der Waals surface area contributed by atoms with Crippen molar-refractivity contribution in [1.82, 2.24) is 15.0 Å². The van der Waals surface area contributed by atoms with Gasteiger partial charge in [-0.3, -0.25) is 0 Å². The Morgan fingerprint density at radius 3 is 2.62 bits per heavy atom. The minimum atomic E-state index is -0.286. The van der Waals surface area contributed by atoms with E-state index >= 15 is 0 Å². The van der Waals surface area contributed by atoms with Crippen LogP contribution in [0.2, 0.25) is 0 Å². The lowest BCUT2D eigenvalue weighted by Gasteiger charge is -2.17. The lowest BCUT2D eigenvalue weighted by molar-refractivity contribution is 0.428. The molecule has 5 heteroatoms. The summed E-state index contributed by atoms with van der Waals surface area (Å²) in [6, 6.07) is 5.97. The van der Waals surface area contributed by atoms with Crippen LogP contribution >= 0.6 is 11.6 Å². The molecule has 0 radical (unpaired) electrons. The highest BCUT2D eigenvalue weighted by Crippen LogP contribution is 2.34. The first-order valence-corrected chi connectivity index (χ1v) is 9.52. The SMILES string of the molecule is CCCc1ccc(-c2nc(O)nc(C3=CC(CC)CC=C3Cl)n2)c(C)c1. The maximum absolute atomic E-state index is 10.1. The second-order valence-electron chi connectivity index (χ2n) is 6.72. The van der Waals surface area contributed by atoms with Crippen molar-refractivity contribution in [3.05, 3.63) is 52.3 Å². The van der Waals surface area contributed by atoms with Gasteiger partial charge in [0.05, 0.1) is 0 Å². The zero-order valence-corrected chi connectivity index (χ0v) is 16.2. The summed E-state index contributed by atoms with van der Waals surface area (Å²) in [6.07, 6.45) is 8.18. The highest BCUT2D eigenvalue weighted by molar-refractivity contribution is 6.36. The van der Waals surface area contributed by atoms with Crippen molar-refractivity contribution in [3.63, 3.8) is 0 Å². The van der Waals surface area contributed by atoms with Crippen molar-refractivity contribution < 1.29 is 5.11 Å². The van der Waals surface area contributed by atoms with E-state index in [0.29, 0.717) is 22.6 Å². The highest BCUT2D eigenvalue weighted by Gasteiger charge is 2.19. The fourth-order valence-corrected chi connectivity index (χ4v) is 3.48. The van der Waals surface area contributed by atoms with Gasteiger partial charge in [0, 0.05) is 16.2 Å². The minimum Gasteiger partial charge on any atom is -0.479 e. The number of halogens is 1. The van der Waals surface area contributed by atoms with Gasteiger partial charge in [0.25, 0.3) is 0 Å². The predicted molar refractivity (Wildman–Crippen MR) is 106 cm³/mol. The Balaban J connectivity index is 2.04. The normalized spacial score (nSPS) is 17.0. The lowest BCUT2D eigenvalue weighted by Crippen LogP contribution is -2.06. The van der Waals surface area contributed by atoms with Crippen molar-refractivity contribution in [3.8, 4) is 17.4 Å². The van der Waals surface area contributed by atoms with E-state index in [9.17, 15) is 5.11 Å². The van der Waals surface area contributed by atoms with E-state index in [2.05, 4.69) is 47.0 Å². The summed E-state index contributed by atoms with van der Waals surface area (Å²) in [5.41, 5.74) is 4.04. The monoisotopic (exact) mass is 369 g/mol. The van der Waals surface area contributed by atoms with Crippen LogP contribution in [0, 0.1) is 12.8 Å². The van der Waals surface area contributed by atoms with Crippen LogP contribution in [-0.4, -0.2) is 20.1 Å². The molecule has 4 nitrogen and oxygen atoms in total. The zero-order valence-electron chi connectivity index (χ0n) is 15.5. The summed E-state index contributed by atoms with van der Waals surface area (Å²) in [5, 5.41) is 10.7. The third kappa shape index (κ3) is 3.96. The Morgan fingerprint density at radius 2 is 1.92 bits per heavy atom. The van der Waals surface area contributed by atoms with Crippen LogP contribution in [0.25, 0.3) is 17.0 Å². The van der Waals surface area contributed by atoms with E-state index in [1.807, 2.05) is 19.1 Å². The second-order valence-corrected chi connectivity index (χ2v) is 7.13. The van der Waals surface area contributed by atoms with Crippen LogP contribution < -0.4 is 0 Å². The summed E-state index contributed by atoms with van der Waals surface area (Å²) in [5.74, 6) is 1.30. The fraction of sp³-hybridized carbons (Fsp3) is 0.381. The van der Waals surface area contributed by atoms with E-state index < -0.39 is 0 Å². The molecule has 0 bridgehead atoms. The quantitative estimate of drug-likeness (QED) is 0.762. The maximum atomic E-state index is 10.1. The molecule has 1 aromatic carbocycles. The summed E-state index contributed by atoms with van der Waals surface area (Å²) in [7, 11) is 0. The molecule has 2 aromatic rings. The maximum Gasteiger partial charge on any atom is 0.318 e. The highest BCUT2D eigenvalue weighted by atomic mass is 35.5. The topological polar surface area (TPSA) is 58.9 Å². The predicted octanol–water partition coefficient (Wildman–Crippen LogP) is 5.44. The molecule has 26 heavy (non-hydrogen) atoms. The van der Waals surface area contributed by atoms with Gasteiger partial charge in [-0.25, -0.2) is 4.98 Å². The van der Waals surface area contributed by atoms with Gasteiger partial charge in [0.1, 0.15) is 0 Å².